The zero-order chi connectivity index (χ0) is 33.4. The molecule has 5 heterocycles. The Balaban J connectivity index is 1.27. The van der Waals surface area contributed by atoms with Crippen molar-refractivity contribution in [2.45, 2.75) is 37.0 Å². The number of rotatable bonds is 7. The molecular weight excluding hydrogens is 609 g/mol. The van der Waals surface area contributed by atoms with Crippen molar-refractivity contribution in [1.29, 1.82) is 0 Å². The second kappa shape index (κ2) is 11.3. The van der Waals surface area contributed by atoms with E-state index in [1.807, 2.05) is 0 Å². The molecule has 1 saturated carbocycles. The molecule has 0 bridgehead atoms. The third-order valence-electron chi connectivity index (χ3n) is 9.76. The van der Waals surface area contributed by atoms with Crippen molar-refractivity contribution in [1.82, 2.24) is 19.9 Å². The smallest absolute Gasteiger partial charge is 0.319 e. The van der Waals surface area contributed by atoms with Crippen molar-refractivity contribution in [3.63, 3.8) is 0 Å². The van der Waals surface area contributed by atoms with Gasteiger partial charge in [0.2, 0.25) is 6.81 Å². The first-order valence-corrected chi connectivity index (χ1v) is 15.2. The largest absolute Gasteiger partial charge is 0.461 e. The predicted molar refractivity (Wildman–Crippen MR) is 160 cm³/mol. The predicted octanol–water partition coefficient (Wildman–Crippen LogP) is 6.07. The Morgan fingerprint density at radius 1 is 1.15 bits per heavy atom. The molecule has 3 saturated heterocycles. The molecule has 2 aromatic carbocycles. The van der Waals surface area contributed by atoms with Crippen LogP contribution in [0.3, 0.4) is 0 Å². The first-order chi connectivity index (χ1) is 23.1. The van der Waals surface area contributed by atoms with Crippen LogP contribution in [-0.4, -0.2) is 83.9 Å². The molecule has 1 aliphatic carbocycles. The van der Waals surface area contributed by atoms with Crippen LogP contribution in [0.1, 0.15) is 22.0 Å². The Hall–Kier alpha value is -4.10. The number of anilines is 1. The van der Waals surface area contributed by atoms with Crippen molar-refractivity contribution >= 4 is 27.5 Å². The highest BCUT2D eigenvalue weighted by Crippen LogP contribution is 2.46. The van der Waals surface area contributed by atoms with Crippen LogP contribution in [0.25, 0.3) is 32.9 Å². The summed E-state index contributed by atoms with van der Waals surface area (Å²) in [5.74, 6) is -2.91. The number of alkyl halides is 2. The summed E-state index contributed by atoms with van der Waals surface area (Å²) in [6.45, 7) is -1.54. The van der Waals surface area contributed by atoms with Gasteiger partial charge in [0.1, 0.15) is 32.5 Å². The minimum atomic E-state index is -3.73. The molecule has 2 aromatic heterocycles. The molecule has 0 amide bonds. The molecule has 0 unspecified atom stereocenters. The fourth-order valence-corrected chi connectivity index (χ4v) is 7.49. The van der Waals surface area contributed by atoms with Gasteiger partial charge in [0.25, 0.3) is 0 Å². The van der Waals surface area contributed by atoms with Crippen LogP contribution in [0.15, 0.2) is 48.4 Å². The van der Waals surface area contributed by atoms with E-state index in [2.05, 4.69) is 19.9 Å². The van der Waals surface area contributed by atoms with E-state index in [9.17, 15) is 17.6 Å². The van der Waals surface area contributed by atoms with Crippen LogP contribution in [0.4, 0.5) is 27.8 Å². The molecule has 3 aliphatic heterocycles. The summed E-state index contributed by atoms with van der Waals surface area (Å²) in [6.07, 6.45) is 2.94. The molecule has 13 heteroatoms. The maximum atomic E-state index is 16.8. The van der Waals surface area contributed by atoms with Crippen LogP contribution in [0, 0.1) is 17.6 Å². The van der Waals surface area contributed by atoms with E-state index in [1.54, 1.807) is 17.0 Å². The summed E-state index contributed by atoms with van der Waals surface area (Å²) in [6, 6.07) is 6.21. The number of hydrogen-bond acceptors (Lipinski definition) is 8. The van der Waals surface area contributed by atoms with Crippen molar-refractivity contribution in [2.24, 2.45) is 5.92 Å². The topological polar surface area (TPSA) is 72.8 Å². The average molecular weight is 642 g/mol. The van der Waals surface area contributed by atoms with Gasteiger partial charge in [-0.2, -0.15) is 9.97 Å². The van der Waals surface area contributed by atoms with E-state index < -0.39 is 41.9 Å². The standard InChI is InChI=1S/C33H30F5N5O3/c34-12-18-11-33(7-2-8-42(33)14-18)16-45-32-40-28-21(31(41-32)43-9-10-44-15-22-25(37)29(22)43)13-39-27(26(28)38)20-4-1-3-19-5-6-23(36)30(24(19)20)46-17-35/h1,3-6,12-13,22,25,29H,2,7-11,14-17H2/b18-12-/t22-,25-,29-,33-/m0/s1/i17D2. The van der Waals surface area contributed by atoms with Crippen molar-refractivity contribution in [3.05, 3.63) is 60.1 Å². The Morgan fingerprint density at radius 3 is 2.89 bits per heavy atom. The summed E-state index contributed by atoms with van der Waals surface area (Å²) in [5.41, 5.74) is -0.301. The minimum Gasteiger partial charge on any atom is -0.461 e. The molecule has 46 heavy (non-hydrogen) atoms. The third kappa shape index (κ3) is 4.65. The van der Waals surface area contributed by atoms with E-state index in [-0.39, 0.29) is 71.7 Å². The fourth-order valence-electron chi connectivity index (χ4n) is 7.49. The average Bonchev–Trinajstić information content (AvgIpc) is 3.42. The van der Waals surface area contributed by atoms with Gasteiger partial charge < -0.3 is 19.1 Å². The normalized spacial score (nSPS) is 27.8. The minimum absolute atomic E-state index is 0.000451. The van der Waals surface area contributed by atoms with E-state index >= 15 is 4.39 Å². The fraction of sp³-hybridized carbons (Fsp3) is 0.424. The van der Waals surface area contributed by atoms with Gasteiger partial charge >= 0.3 is 6.01 Å². The Kier molecular flexibility index (Phi) is 6.65. The molecule has 4 aliphatic rings. The Morgan fingerprint density at radius 2 is 2.04 bits per heavy atom. The summed E-state index contributed by atoms with van der Waals surface area (Å²) < 4.78 is 105. The van der Waals surface area contributed by atoms with E-state index in [0.29, 0.717) is 30.3 Å². The Labute approximate surface area is 263 Å². The summed E-state index contributed by atoms with van der Waals surface area (Å²) >= 11 is 0. The molecule has 4 atom stereocenters. The Bertz CT molecular complexity index is 1970. The lowest BCUT2D eigenvalue weighted by atomic mass is 9.94. The van der Waals surface area contributed by atoms with Crippen LogP contribution in [0.2, 0.25) is 0 Å². The summed E-state index contributed by atoms with van der Waals surface area (Å²) in [5, 5.41) is 0.397. The lowest BCUT2D eigenvalue weighted by Gasteiger charge is -2.31. The van der Waals surface area contributed by atoms with Gasteiger partial charge in [-0.25, -0.2) is 22.0 Å². The zero-order valence-electron chi connectivity index (χ0n) is 26.5. The molecule has 240 valence electrons. The van der Waals surface area contributed by atoms with Gasteiger partial charge in [0.15, 0.2) is 17.4 Å². The molecule has 0 radical (unpaired) electrons. The van der Waals surface area contributed by atoms with Gasteiger partial charge in [0, 0.05) is 36.2 Å². The number of aromatic nitrogens is 3. The van der Waals surface area contributed by atoms with E-state index in [0.717, 1.165) is 25.5 Å². The molecule has 0 N–H and O–H groups in total. The van der Waals surface area contributed by atoms with Crippen LogP contribution < -0.4 is 14.4 Å². The van der Waals surface area contributed by atoms with Gasteiger partial charge in [-0.05, 0) is 42.8 Å². The van der Waals surface area contributed by atoms with E-state index in [4.69, 9.17) is 17.0 Å². The number of nitrogens with zero attached hydrogens (tertiary/aromatic N) is 5. The number of fused-ring (bicyclic) bond motifs is 4. The number of ether oxygens (including phenoxy) is 3. The number of benzene rings is 2. The maximum absolute atomic E-state index is 16.8. The number of hydrogen-bond donors (Lipinski definition) is 0. The monoisotopic (exact) mass is 641 g/mol. The zero-order valence-corrected chi connectivity index (χ0v) is 24.5. The highest BCUT2D eigenvalue weighted by molar-refractivity contribution is 6.02. The molecule has 4 aromatic rings. The third-order valence-corrected chi connectivity index (χ3v) is 9.76. The van der Waals surface area contributed by atoms with Crippen LogP contribution in [0.5, 0.6) is 11.8 Å². The first kappa shape index (κ1) is 27.1. The summed E-state index contributed by atoms with van der Waals surface area (Å²) in [7, 11) is 0. The van der Waals surface area contributed by atoms with Gasteiger partial charge in [-0.1, -0.05) is 24.3 Å². The summed E-state index contributed by atoms with van der Waals surface area (Å²) in [4.78, 5) is 17.4. The van der Waals surface area contributed by atoms with E-state index in [1.165, 1.54) is 18.3 Å². The highest BCUT2D eigenvalue weighted by Gasteiger charge is 2.56. The molecule has 8 rings (SSSR count). The number of pyridine rings is 1. The first-order valence-electron chi connectivity index (χ1n) is 16.2. The van der Waals surface area contributed by atoms with Crippen molar-refractivity contribution < 1.29 is 38.9 Å². The number of halogens is 5. The van der Waals surface area contributed by atoms with Crippen LogP contribution >= 0.6 is 0 Å². The van der Waals surface area contributed by atoms with Gasteiger partial charge in [-0.3, -0.25) is 9.88 Å². The molecular formula is C33H30F5N5O3. The molecule has 0 spiro atoms. The van der Waals surface area contributed by atoms with Crippen molar-refractivity contribution in [2.75, 3.05) is 51.2 Å². The molecule has 8 nitrogen and oxygen atoms in total. The molecule has 4 fully saturated rings. The second-order valence-electron chi connectivity index (χ2n) is 12.3. The lowest BCUT2D eigenvalue weighted by Crippen LogP contribution is -2.43. The van der Waals surface area contributed by atoms with Crippen LogP contribution in [-0.2, 0) is 4.74 Å². The maximum Gasteiger partial charge on any atom is 0.319 e. The highest BCUT2D eigenvalue weighted by atomic mass is 19.1. The second-order valence-corrected chi connectivity index (χ2v) is 12.3. The quantitative estimate of drug-likeness (QED) is 0.225. The SMILES string of the molecule is [2H]C([2H])(F)Oc1c(F)ccc2cccc(-c3ncc4c(N5CCOC[C@H]6[C@H](F)[C@H]65)nc(OC[C@@]56CCCN5C/C(=C\F)C6)nc4c3F)c12. The van der Waals surface area contributed by atoms with Gasteiger partial charge in [-0.15, -0.1) is 0 Å². The van der Waals surface area contributed by atoms with Gasteiger partial charge in [0.05, 0.1) is 36.5 Å². The van der Waals surface area contributed by atoms with Crippen molar-refractivity contribution in [3.8, 4) is 23.0 Å². The lowest BCUT2D eigenvalue weighted by molar-refractivity contribution is 0.108.